The Morgan fingerprint density at radius 2 is 2.18 bits per heavy atom. The Balaban J connectivity index is 2.12. The van der Waals surface area contributed by atoms with E-state index in [2.05, 4.69) is 12.2 Å². The number of benzene rings is 1. The lowest BCUT2D eigenvalue weighted by molar-refractivity contribution is 0.0735. The number of rotatable bonds is 6. The highest BCUT2D eigenvalue weighted by molar-refractivity contribution is 7.90. The van der Waals surface area contributed by atoms with Crippen LogP contribution in [0.25, 0.3) is 0 Å². The van der Waals surface area contributed by atoms with Gasteiger partial charge in [-0.1, -0.05) is 13.0 Å². The Labute approximate surface area is 132 Å². The molecule has 124 valence electrons. The third kappa shape index (κ3) is 4.06. The van der Waals surface area contributed by atoms with Gasteiger partial charge in [-0.3, -0.25) is 0 Å². The highest BCUT2D eigenvalue weighted by Gasteiger charge is 2.26. The average molecular weight is 329 g/mol. The zero-order valence-corrected chi connectivity index (χ0v) is 14.1. The van der Waals surface area contributed by atoms with E-state index in [1.165, 1.54) is 12.1 Å². The molecule has 0 spiro atoms. The fraction of sp³-hybridized carbons (Fsp3) is 0.625. The van der Waals surface area contributed by atoms with Crippen LogP contribution in [0.15, 0.2) is 23.1 Å². The Morgan fingerprint density at radius 1 is 1.45 bits per heavy atom. The molecule has 1 aliphatic rings. The summed E-state index contributed by atoms with van der Waals surface area (Å²) in [5.41, 5.74) is 0.737. The van der Waals surface area contributed by atoms with Gasteiger partial charge in [-0.15, -0.1) is 0 Å². The van der Waals surface area contributed by atoms with Crippen molar-refractivity contribution in [2.75, 3.05) is 12.9 Å². The maximum atomic E-state index is 14.0. The Hall–Kier alpha value is -0.980. The van der Waals surface area contributed by atoms with E-state index in [9.17, 15) is 12.8 Å². The Bertz CT molecular complexity index is 612. The SMILES string of the molecule is CCC(NC(C)c1ccc(S(C)(=O)=O)c(F)c1)C1CCCO1. The lowest BCUT2D eigenvalue weighted by Gasteiger charge is -2.27. The zero-order valence-electron chi connectivity index (χ0n) is 13.3. The summed E-state index contributed by atoms with van der Waals surface area (Å²) in [5.74, 6) is -0.696. The molecule has 1 aromatic carbocycles. The van der Waals surface area contributed by atoms with Crippen molar-refractivity contribution in [3.63, 3.8) is 0 Å². The van der Waals surface area contributed by atoms with Crippen molar-refractivity contribution in [1.29, 1.82) is 0 Å². The molecule has 1 N–H and O–H groups in total. The number of nitrogens with one attached hydrogen (secondary N) is 1. The molecule has 0 radical (unpaired) electrons. The first kappa shape index (κ1) is 17.4. The molecule has 1 heterocycles. The zero-order chi connectivity index (χ0) is 16.3. The van der Waals surface area contributed by atoms with Crippen molar-refractivity contribution in [2.24, 2.45) is 0 Å². The molecule has 1 saturated heterocycles. The van der Waals surface area contributed by atoms with E-state index < -0.39 is 15.7 Å². The number of sulfone groups is 1. The van der Waals surface area contributed by atoms with Crippen molar-refractivity contribution in [3.05, 3.63) is 29.6 Å². The minimum absolute atomic E-state index is 0.0720. The third-order valence-electron chi connectivity index (χ3n) is 4.17. The molecule has 1 fully saturated rings. The standard InChI is InChI=1S/C16H24FNO3S/c1-4-14(15-6-5-9-21-15)18-11(2)12-7-8-16(13(17)10-12)22(3,19)20/h7-8,10-11,14-15,18H,4-6,9H2,1-3H3. The predicted octanol–water partition coefficient (Wildman–Crippen LogP) is 2.84. The van der Waals surface area contributed by atoms with Gasteiger partial charge in [0.15, 0.2) is 9.84 Å². The van der Waals surface area contributed by atoms with Gasteiger partial charge in [0.1, 0.15) is 10.7 Å². The van der Waals surface area contributed by atoms with Crippen LogP contribution in [0.5, 0.6) is 0 Å². The summed E-state index contributed by atoms with van der Waals surface area (Å²) in [4.78, 5) is -0.255. The van der Waals surface area contributed by atoms with E-state index in [1.54, 1.807) is 6.07 Å². The lowest BCUT2D eigenvalue weighted by atomic mass is 10.0. The normalized spacial score (nSPS) is 21.7. The lowest BCUT2D eigenvalue weighted by Crippen LogP contribution is -2.40. The smallest absolute Gasteiger partial charge is 0.178 e. The van der Waals surface area contributed by atoms with Crippen molar-refractivity contribution >= 4 is 9.84 Å². The molecule has 22 heavy (non-hydrogen) atoms. The van der Waals surface area contributed by atoms with Gasteiger partial charge in [0.25, 0.3) is 0 Å². The first-order valence-corrected chi connectivity index (χ1v) is 9.59. The average Bonchev–Trinajstić information content (AvgIpc) is 2.96. The van der Waals surface area contributed by atoms with Crippen molar-refractivity contribution in [1.82, 2.24) is 5.32 Å². The van der Waals surface area contributed by atoms with Crippen molar-refractivity contribution in [2.45, 2.75) is 56.2 Å². The van der Waals surface area contributed by atoms with Crippen LogP contribution in [0.1, 0.15) is 44.7 Å². The van der Waals surface area contributed by atoms with Gasteiger partial charge in [0.2, 0.25) is 0 Å². The highest BCUT2D eigenvalue weighted by Crippen LogP contribution is 2.23. The van der Waals surface area contributed by atoms with E-state index in [0.29, 0.717) is 0 Å². The monoisotopic (exact) mass is 329 g/mol. The van der Waals surface area contributed by atoms with Crippen LogP contribution in [0.2, 0.25) is 0 Å². The summed E-state index contributed by atoms with van der Waals surface area (Å²) >= 11 is 0. The molecule has 3 atom stereocenters. The second kappa shape index (κ2) is 7.06. The van der Waals surface area contributed by atoms with Gasteiger partial charge in [-0.25, -0.2) is 12.8 Å². The van der Waals surface area contributed by atoms with Crippen LogP contribution in [-0.4, -0.2) is 33.4 Å². The summed E-state index contributed by atoms with van der Waals surface area (Å²) in [6.07, 6.45) is 4.26. The van der Waals surface area contributed by atoms with E-state index in [0.717, 1.165) is 37.7 Å². The number of hydrogen-bond donors (Lipinski definition) is 1. The maximum absolute atomic E-state index is 14.0. The van der Waals surface area contributed by atoms with Crippen LogP contribution in [0.3, 0.4) is 0 Å². The fourth-order valence-corrected chi connectivity index (χ4v) is 3.64. The summed E-state index contributed by atoms with van der Waals surface area (Å²) in [6, 6.07) is 4.45. The highest BCUT2D eigenvalue weighted by atomic mass is 32.2. The summed E-state index contributed by atoms with van der Waals surface area (Å²) in [7, 11) is -3.53. The molecule has 1 aromatic rings. The van der Waals surface area contributed by atoms with Crippen molar-refractivity contribution < 1.29 is 17.5 Å². The molecular formula is C16H24FNO3S. The second-order valence-electron chi connectivity index (χ2n) is 5.92. The number of halogens is 1. The van der Waals surface area contributed by atoms with Crippen molar-refractivity contribution in [3.8, 4) is 0 Å². The minimum atomic E-state index is -3.53. The summed E-state index contributed by atoms with van der Waals surface area (Å²) in [6.45, 7) is 4.85. The molecule has 6 heteroatoms. The van der Waals surface area contributed by atoms with Crippen LogP contribution in [0, 0.1) is 5.82 Å². The summed E-state index contributed by atoms with van der Waals surface area (Å²) < 4.78 is 42.6. The predicted molar refractivity (Wildman–Crippen MR) is 84.1 cm³/mol. The Morgan fingerprint density at radius 3 is 2.68 bits per heavy atom. The van der Waals surface area contributed by atoms with Gasteiger partial charge in [-0.2, -0.15) is 0 Å². The first-order chi connectivity index (χ1) is 10.3. The summed E-state index contributed by atoms with van der Waals surface area (Å²) in [5, 5.41) is 3.47. The molecule has 0 saturated carbocycles. The topological polar surface area (TPSA) is 55.4 Å². The van der Waals surface area contributed by atoms with Gasteiger partial charge >= 0.3 is 0 Å². The molecule has 0 aromatic heterocycles. The fourth-order valence-electron chi connectivity index (χ4n) is 2.91. The van der Waals surface area contributed by atoms with Gasteiger partial charge in [-0.05, 0) is 43.9 Å². The molecule has 4 nitrogen and oxygen atoms in total. The molecule has 2 rings (SSSR count). The van der Waals surface area contributed by atoms with Crippen LogP contribution >= 0.6 is 0 Å². The van der Waals surface area contributed by atoms with E-state index in [-0.39, 0.29) is 23.1 Å². The largest absolute Gasteiger partial charge is 0.377 e. The van der Waals surface area contributed by atoms with Crippen LogP contribution < -0.4 is 5.32 Å². The van der Waals surface area contributed by atoms with Gasteiger partial charge in [0.05, 0.1) is 6.10 Å². The molecule has 1 aliphatic heterocycles. The minimum Gasteiger partial charge on any atom is -0.377 e. The molecule has 0 aliphatic carbocycles. The first-order valence-electron chi connectivity index (χ1n) is 7.70. The van der Waals surface area contributed by atoms with E-state index in [4.69, 9.17) is 4.74 Å². The van der Waals surface area contributed by atoms with Crippen LogP contribution in [0.4, 0.5) is 4.39 Å². The molecule has 0 amide bonds. The second-order valence-corrected chi connectivity index (χ2v) is 7.90. The number of hydrogen-bond acceptors (Lipinski definition) is 4. The molecule has 0 bridgehead atoms. The molecule has 3 unspecified atom stereocenters. The molecular weight excluding hydrogens is 305 g/mol. The van der Waals surface area contributed by atoms with Gasteiger partial charge in [0, 0.05) is 24.9 Å². The quantitative estimate of drug-likeness (QED) is 0.872. The Kier molecular flexibility index (Phi) is 5.58. The number of ether oxygens (including phenoxy) is 1. The maximum Gasteiger partial charge on any atom is 0.178 e. The van der Waals surface area contributed by atoms with E-state index in [1.807, 2.05) is 6.92 Å². The third-order valence-corrected chi connectivity index (χ3v) is 5.30. The van der Waals surface area contributed by atoms with Crippen LogP contribution in [-0.2, 0) is 14.6 Å². The van der Waals surface area contributed by atoms with Gasteiger partial charge < -0.3 is 10.1 Å². The van der Waals surface area contributed by atoms with E-state index >= 15 is 0 Å².